The molecule has 1 aromatic heterocycles. The minimum atomic E-state index is -0.470. The van der Waals surface area contributed by atoms with Gasteiger partial charge in [0, 0.05) is 11.6 Å². The minimum Gasteiger partial charge on any atom is -0.452 e. The maximum Gasteiger partial charge on any atom is 0.331 e. The van der Waals surface area contributed by atoms with Crippen LogP contribution in [0, 0.1) is 0 Å². The first kappa shape index (κ1) is 16.7. The van der Waals surface area contributed by atoms with E-state index in [-0.39, 0.29) is 12.5 Å². The van der Waals surface area contributed by atoms with Crippen LogP contribution < -0.4 is 0 Å². The summed E-state index contributed by atoms with van der Waals surface area (Å²) in [5.74, 6) is 0.177. The highest BCUT2D eigenvalue weighted by molar-refractivity contribution is 5.94. The molecule has 0 spiro atoms. The van der Waals surface area contributed by atoms with Crippen molar-refractivity contribution in [1.29, 1.82) is 0 Å². The lowest BCUT2D eigenvalue weighted by atomic mass is 10.0. The SMILES string of the molecule is O=C(/C=C/c1cccc2ccccc12)OCc1nnc(-c2ccccc2)o1. The van der Waals surface area contributed by atoms with Gasteiger partial charge in [0.15, 0.2) is 6.61 Å². The molecule has 0 atom stereocenters. The van der Waals surface area contributed by atoms with Crippen molar-refractivity contribution < 1.29 is 13.9 Å². The number of aromatic nitrogens is 2. The lowest BCUT2D eigenvalue weighted by Gasteiger charge is -2.01. The van der Waals surface area contributed by atoms with Gasteiger partial charge in [-0.15, -0.1) is 10.2 Å². The second kappa shape index (κ2) is 7.66. The van der Waals surface area contributed by atoms with Crippen LogP contribution in [0.3, 0.4) is 0 Å². The number of hydrogen-bond acceptors (Lipinski definition) is 5. The summed E-state index contributed by atoms with van der Waals surface area (Å²) in [6.45, 7) is -0.0709. The average molecular weight is 356 g/mol. The van der Waals surface area contributed by atoms with Crippen LogP contribution in [0.1, 0.15) is 11.5 Å². The van der Waals surface area contributed by atoms with Crippen molar-refractivity contribution in [2.24, 2.45) is 0 Å². The number of esters is 1. The lowest BCUT2D eigenvalue weighted by molar-refractivity contribution is -0.139. The Labute approximate surface area is 155 Å². The van der Waals surface area contributed by atoms with E-state index in [1.807, 2.05) is 72.8 Å². The first-order valence-corrected chi connectivity index (χ1v) is 8.50. The molecule has 0 saturated carbocycles. The minimum absolute atomic E-state index is 0.0709. The normalized spacial score (nSPS) is 11.1. The van der Waals surface area contributed by atoms with Crippen LogP contribution in [-0.2, 0) is 16.1 Å². The molecule has 3 aromatic carbocycles. The van der Waals surface area contributed by atoms with E-state index in [9.17, 15) is 4.79 Å². The summed E-state index contributed by atoms with van der Waals surface area (Å²) in [7, 11) is 0. The third kappa shape index (κ3) is 3.93. The monoisotopic (exact) mass is 356 g/mol. The molecule has 0 unspecified atom stereocenters. The number of carbonyl (C=O) groups is 1. The average Bonchev–Trinajstić information content (AvgIpc) is 3.20. The molecule has 0 fully saturated rings. The van der Waals surface area contributed by atoms with Crippen molar-refractivity contribution in [3.05, 3.63) is 90.3 Å². The number of rotatable bonds is 5. The van der Waals surface area contributed by atoms with E-state index in [2.05, 4.69) is 10.2 Å². The molecule has 5 nitrogen and oxygen atoms in total. The first-order chi connectivity index (χ1) is 13.3. The Balaban J connectivity index is 1.40. The molecule has 0 amide bonds. The zero-order valence-electron chi connectivity index (χ0n) is 14.4. The molecule has 27 heavy (non-hydrogen) atoms. The summed E-state index contributed by atoms with van der Waals surface area (Å²) >= 11 is 0. The molecule has 132 valence electrons. The van der Waals surface area contributed by atoms with Crippen LogP contribution in [-0.4, -0.2) is 16.2 Å². The highest BCUT2D eigenvalue weighted by Crippen LogP contribution is 2.20. The lowest BCUT2D eigenvalue weighted by Crippen LogP contribution is -2.01. The fraction of sp³-hybridized carbons (Fsp3) is 0.0455. The van der Waals surface area contributed by atoms with Crippen LogP contribution in [0.15, 0.2) is 83.3 Å². The van der Waals surface area contributed by atoms with Crippen LogP contribution in [0.4, 0.5) is 0 Å². The van der Waals surface area contributed by atoms with Gasteiger partial charge in [-0.2, -0.15) is 0 Å². The van der Waals surface area contributed by atoms with Gasteiger partial charge >= 0.3 is 5.97 Å². The van der Waals surface area contributed by atoms with Gasteiger partial charge in [-0.05, 0) is 34.5 Å². The molecule has 4 aromatic rings. The summed E-state index contributed by atoms with van der Waals surface area (Å²) in [5, 5.41) is 10.1. The predicted octanol–water partition coefficient (Wildman–Crippen LogP) is 4.65. The van der Waals surface area contributed by atoms with Crippen molar-refractivity contribution in [1.82, 2.24) is 10.2 Å². The molecule has 4 rings (SSSR count). The smallest absolute Gasteiger partial charge is 0.331 e. The van der Waals surface area contributed by atoms with Gasteiger partial charge in [-0.1, -0.05) is 60.7 Å². The fourth-order valence-corrected chi connectivity index (χ4v) is 2.74. The van der Waals surface area contributed by atoms with E-state index >= 15 is 0 Å². The van der Waals surface area contributed by atoms with E-state index in [0.29, 0.717) is 5.89 Å². The Morgan fingerprint density at radius 1 is 0.926 bits per heavy atom. The number of fused-ring (bicyclic) bond motifs is 1. The molecule has 0 saturated heterocycles. The largest absolute Gasteiger partial charge is 0.452 e. The van der Waals surface area contributed by atoms with Gasteiger partial charge in [0.05, 0.1) is 0 Å². The maximum atomic E-state index is 12.0. The van der Waals surface area contributed by atoms with Crippen LogP contribution in [0.5, 0.6) is 0 Å². The standard InChI is InChI=1S/C22H16N2O3/c25-21(14-13-17-11-6-10-16-7-4-5-12-19(16)17)26-15-20-23-24-22(27-20)18-8-2-1-3-9-18/h1-14H,15H2/b14-13+. The zero-order chi connectivity index (χ0) is 18.5. The van der Waals surface area contributed by atoms with Crippen LogP contribution in [0.2, 0.25) is 0 Å². The third-order valence-corrected chi connectivity index (χ3v) is 4.05. The maximum absolute atomic E-state index is 12.0. The number of hydrogen-bond donors (Lipinski definition) is 0. The topological polar surface area (TPSA) is 65.2 Å². The molecular weight excluding hydrogens is 340 g/mol. The number of ether oxygens (including phenoxy) is 1. The molecule has 0 aliphatic heterocycles. The summed E-state index contributed by atoms with van der Waals surface area (Å²) < 4.78 is 10.7. The molecular formula is C22H16N2O3. The van der Waals surface area contributed by atoms with Crippen molar-refractivity contribution in [3.8, 4) is 11.5 Å². The van der Waals surface area contributed by atoms with Gasteiger partial charge in [0.1, 0.15) is 0 Å². The van der Waals surface area contributed by atoms with Crippen molar-refractivity contribution in [2.45, 2.75) is 6.61 Å². The highest BCUT2D eigenvalue weighted by atomic mass is 16.5. The van der Waals surface area contributed by atoms with E-state index < -0.39 is 5.97 Å². The molecule has 0 N–H and O–H groups in total. The quantitative estimate of drug-likeness (QED) is 0.385. The Kier molecular flexibility index (Phi) is 4.74. The first-order valence-electron chi connectivity index (χ1n) is 8.50. The van der Waals surface area contributed by atoms with Gasteiger partial charge in [-0.25, -0.2) is 4.79 Å². The van der Waals surface area contributed by atoms with Crippen molar-refractivity contribution in [3.63, 3.8) is 0 Å². The molecule has 5 heteroatoms. The van der Waals surface area contributed by atoms with Gasteiger partial charge < -0.3 is 9.15 Å². The Morgan fingerprint density at radius 2 is 1.70 bits per heavy atom. The molecule has 0 radical (unpaired) electrons. The second-order valence-electron chi connectivity index (χ2n) is 5.88. The number of carbonyl (C=O) groups excluding carboxylic acids is 1. The van der Waals surface area contributed by atoms with Crippen LogP contribution >= 0.6 is 0 Å². The highest BCUT2D eigenvalue weighted by Gasteiger charge is 2.09. The Bertz CT molecular complexity index is 1100. The number of nitrogens with zero attached hydrogens (tertiary/aromatic N) is 2. The van der Waals surface area contributed by atoms with E-state index in [1.165, 1.54) is 6.08 Å². The Hall–Kier alpha value is -3.73. The van der Waals surface area contributed by atoms with Crippen LogP contribution in [0.25, 0.3) is 28.3 Å². The van der Waals surface area contributed by atoms with E-state index in [4.69, 9.17) is 9.15 Å². The third-order valence-electron chi connectivity index (χ3n) is 4.05. The van der Waals surface area contributed by atoms with E-state index in [1.54, 1.807) is 6.08 Å². The summed E-state index contributed by atoms with van der Waals surface area (Å²) in [6.07, 6.45) is 3.14. The van der Waals surface area contributed by atoms with Gasteiger partial charge in [0.25, 0.3) is 5.89 Å². The molecule has 0 aliphatic rings. The summed E-state index contributed by atoms with van der Waals surface area (Å²) in [6, 6.07) is 23.4. The Morgan fingerprint density at radius 3 is 2.59 bits per heavy atom. The van der Waals surface area contributed by atoms with Gasteiger partial charge in [-0.3, -0.25) is 0 Å². The van der Waals surface area contributed by atoms with E-state index in [0.717, 1.165) is 21.9 Å². The summed E-state index contributed by atoms with van der Waals surface area (Å²) in [4.78, 5) is 12.0. The number of benzene rings is 3. The summed E-state index contributed by atoms with van der Waals surface area (Å²) in [5.41, 5.74) is 1.77. The predicted molar refractivity (Wildman–Crippen MR) is 103 cm³/mol. The van der Waals surface area contributed by atoms with Crippen molar-refractivity contribution in [2.75, 3.05) is 0 Å². The molecule has 0 bridgehead atoms. The van der Waals surface area contributed by atoms with Gasteiger partial charge in [0.2, 0.25) is 5.89 Å². The fourth-order valence-electron chi connectivity index (χ4n) is 2.74. The molecule has 1 heterocycles. The molecule has 0 aliphatic carbocycles. The zero-order valence-corrected chi connectivity index (χ0v) is 14.4. The second-order valence-corrected chi connectivity index (χ2v) is 5.88. The van der Waals surface area contributed by atoms with Crippen molar-refractivity contribution >= 4 is 22.8 Å².